The van der Waals surface area contributed by atoms with Gasteiger partial charge in [-0.15, -0.1) is 0 Å². The van der Waals surface area contributed by atoms with Gasteiger partial charge in [0, 0.05) is 36.9 Å². The highest BCUT2D eigenvalue weighted by Crippen LogP contribution is 2.50. The summed E-state index contributed by atoms with van der Waals surface area (Å²) in [5, 5.41) is 10.0. The van der Waals surface area contributed by atoms with E-state index in [1.54, 1.807) is 11.9 Å². The predicted molar refractivity (Wildman–Crippen MR) is 82.8 cm³/mol. The Balaban J connectivity index is 1.61. The summed E-state index contributed by atoms with van der Waals surface area (Å²) >= 11 is 0. The lowest BCUT2D eigenvalue weighted by Gasteiger charge is -2.31. The van der Waals surface area contributed by atoms with Crippen LogP contribution in [0.3, 0.4) is 0 Å². The molecule has 2 aliphatic rings. The minimum atomic E-state index is -0.573. The van der Waals surface area contributed by atoms with Gasteiger partial charge in [0.1, 0.15) is 11.6 Å². The largest absolute Gasteiger partial charge is 0.393 e. The van der Waals surface area contributed by atoms with Crippen LogP contribution in [0.4, 0.5) is 8.78 Å². The molecule has 0 radical (unpaired) electrons. The summed E-state index contributed by atoms with van der Waals surface area (Å²) < 4.78 is 27.6. The first-order valence-electron chi connectivity index (χ1n) is 8.36. The highest BCUT2D eigenvalue weighted by Gasteiger charge is 2.47. The first-order valence-corrected chi connectivity index (χ1v) is 8.36. The van der Waals surface area contributed by atoms with Gasteiger partial charge in [0.25, 0.3) is 0 Å². The van der Waals surface area contributed by atoms with Gasteiger partial charge < -0.3 is 10.0 Å². The number of aliphatic hydroxyl groups is 1. The molecule has 0 heterocycles. The van der Waals surface area contributed by atoms with Crippen molar-refractivity contribution >= 4 is 5.91 Å². The quantitative estimate of drug-likeness (QED) is 0.925. The average molecular weight is 323 g/mol. The van der Waals surface area contributed by atoms with Gasteiger partial charge in [-0.3, -0.25) is 4.79 Å². The van der Waals surface area contributed by atoms with E-state index in [1.165, 1.54) is 18.2 Å². The number of aliphatic hydroxyl groups excluding tert-OH is 1. The number of hydrogen-bond donors (Lipinski definition) is 1. The Hall–Kier alpha value is -1.49. The van der Waals surface area contributed by atoms with Crippen molar-refractivity contribution in [1.82, 2.24) is 4.90 Å². The number of hydrogen-bond acceptors (Lipinski definition) is 2. The molecule has 1 aromatic carbocycles. The summed E-state index contributed by atoms with van der Waals surface area (Å²) in [6, 6.07) is 3.81. The zero-order chi connectivity index (χ0) is 16.6. The van der Waals surface area contributed by atoms with Gasteiger partial charge >= 0.3 is 0 Å². The van der Waals surface area contributed by atoms with Crippen molar-refractivity contribution in [2.24, 2.45) is 11.8 Å². The molecule has 4 unspecified atom stereocenters. The molecule has 2 fully saturated rings. The van der Waals surface area contributed by atoms with Crippen molar-refractivity contribution in [2.45, 2.75) is 44.1 Å². The minimum absolute atomic E-state index is 0.0388. The van der Waals surface area contributed by atoms with E-state index in [1.807, 2.05) is 0 Å². The van der Waals surface area contributed by atoms with Crippen LogP contribution in [0.15, 0.2) is 18.2 Å². The minimum Gasteiger partial charge on any atom is -0.393 e. The molecular weight excluding hydrogens is 300 g/mol. The van der Waals surface area contributed by atoms with Gasteiger partial charge in [-0.05, 0) is 31.4 Å². The second kappa shape index (κ2) is 6.56. The fourth-order valence-corrected chi connectivity index (χ4v) is 3.78. The molecule has 2 saturated carbocycles. The first kappa shape index (κ1) is 16.4. The Labute approximate surface area is 135 Å². The lowest BCUT2D eigenvalue weighted by Crippen LogP contribution is -2.38. The number of halogens is 2. The number of nitrogens with zero attached hydrogens (tertiary/aromatic N) is 1. The standard InChI is InChI=1S/C18H23F2NO2/c1-21(10-11-5-2-3-8-16(11)22)18(23)13-9-12(13)17-14(19)6-4-7-15(17)20/h4,6-7,11-13,16,22H,2-3,5,8-10H2,1H3. The van der Waals surface area contributed by atoms with E-state index in [-0.39, 0.29) is 35.3 Å². The maximum atomic E-state index is 13.8. The third kappa shape index (κ3) is 3.39. The van der Waals surface area contributed by atoms with Gasteiger partial charge in [-0.25, -0.2) is 8.78 Å². The average Bonchev–Trinajstić information content (AvgIpc) is 3.29. The molecule has 0 saturated heterocycles. The van der Waals surface area contributed by atoms with Crippen molar-refractivity contribution in [1.29, 1.82) is 0 Å². The van der Waals surface area contributed by atoms with E-state index >= 15 is 0 Å². The maximum absolute atomic E-state index is 13.8. The second-order valence-corrected chi connectivity index (χ2v) is 6.91. The molecule has 0 spiro atoms. The van der Waals surface area contributed by atoms with E-state index in [0.717, 1.165) is 25.7 Å². The molecule has 23 heavy (non-hydrogen) atoms. The van der Waals surface area contributed by atoms with Crippen LogP contribution in [-0.4, -0.2) is 35.6 Å². The molecule has 3 nitrogen and oxygen atoms in total. The SMILES string of the molecule is CN(CC1CCCCC1O)C(=O)C1CC1c1c(F)cccc1F. The molecule has 5 heteroatoms. The van der Waals surface area contributed by atoms with Crippen molar-refractivity contribution in [3.05, 3.63) is 35.4 Å². The van der Waals surface area contributed by atoms with Crippen LogP contribution < -0.4 is 0 Å². The summed E-state index contributed by atoms with van der Waals surface area (Å²) in [7, 11) is 1.72. The molecule has 0 aromatic heterocycles. The van der Waals surface area contributed by atoms with E-state index in [2.05, 4.69) is 0 Å². The highest BCUT2D eigenvalue weighted by molar-refractivity contribution is 5.82. The fourth-order valence-electron chi connectivity index (χ4n) is 3.78. The van der Waals surface area contributed by atoms with Crippen LogP contribution in [0, 0.1) is 23.5 Å². The maximum Gasteiger partial charge on any atom is 0.226 e. The van der Waals surface area contributed by atoms with Crippen molar-refractivity contribution < 1.29 is 18.7 Å². The van der Waals surface area contributed by atoms with Gasteiger partial charge in [0.15, 0.2) is 0 Å². The summed E-state index contributed by atoms with van der Waals surface area (Å²) in [6.45, 7) is 0.517. The molecular formula is C18H23F2NO2. The third-order valence-electron chi connectivity index (χ3n) is 5.23. The van der Waals surface area contributed by atoms with Crippen LogP contribution in [0.5, 0.6) is 0 Å². The summed E-state index contributed by atoms with van der Waals surface area (Å²) in [6.07, 6.45) is 3.98. The fraction of sp³-hybridized carbons (Fsp3) is 0.611. The number of rotatable bonds is 4. The van der Waals surface area contributed by atoms with E-state index < -0.39 is 11.6 Å². The molecule has 0 aliphatic heterocycles. The van der Waals surface area contributed by atoms with E-state index in [4.69, 9.17) is 0 Å². The normalized spacial score (nSPS) is 30.1. The third-order valence-corrected chi connectivity index (χ3v) is 5.23. The molecule has 1 aromatic rings. The lowest BCUT2D eigenvalue weighted by atomic mass is 9.86. The van der Waals surface area contributed by atoms with Gasteiger partial charge in [-0.1, -0.05) is 18.9 Å². The summed E-state index contributed by atoms with van der Waals surface area (Å²) in [5.41, 5.74) is 0.0388. The molecule has 3 rings (SSSR count). The smallest absolute Gasteiger partial charge is 0.226 e. The van der Waals surface area contributed by atoms with E-state index in [9.17, 15) is 18.7 Å². The molecule has 126 valence electrons. The number of carbonyl (C=O) groups excluding carboxylic acids is 1. The number of benzene rings is 1. The van der Waals surface area contributed by atoms with Crippen LogP contribution in [0.1, 0.15) is 43.6 Å². The molecule has 0 bridgehead atoms. The topological polar surface area (TPSA) is 40.5 Å². The summed E-state index contributed by atoms with van der Waals surface area (Å²) in [5.74, 6) is -1.81. The van der Waals surface area contributed by atoms with Crippen LogP contribution in [0.25, 0.3) is 0 Å². The van der Waals surface area contributed by atoms with Crippen molar-refractivity contribution in [3.63, 3.8) is 0 Å². The Morgan fingerprint density at radius 3 is 2.57 bits per heavy atom. The Kier molecular flexibility index (Phi) is 4.67. The monoisotopic (exact) mass is 323 g/mol. The lowest BCUT2D eigenvalue weighted by molar-refractivity contribution is -0.132. The molecule has 1 N–H and O–H groups in total. The molecule has 1 amide bonds. The molecule has 4 atom stereocenters. The van der Waals surface area contributed by atoms with Gasteiger partial charge in [0.05, 0.1) is 6.10 Å². The van der Waals surface area contributed by atoms with Crippen LogP contribution >= 0.6 is 0 Å². The predicted octanol–water partition coefficient (Wildman–Crippen LogP) is 3.08. The zero-order valence-corrected chi connectivity index (χ0v) is 13.3. The zero-order valence-electron chi connectivity index (χ0n) is 13.3. The van der Waals surface area contributed by atoms with Crippen LogP contribution in [-0.2, 0) is 4.79 Å². The number of amides is 1. The van der Waals surface area contributed by atoms with Gasteiger partial charge in [0.2, 0.25) is 5.91 Å². The Bertz CT molecular complexity index is 572. The summed E-state index contributed by atoms with van der Waals surface area (Å²) in [4.78, 5) is 14.1. The molecule has 2 aliphatic carbocycles. The first-order chi connectivity index (χ1) is 11.0. The Morgan fingerprint density at radius 1 is 1.26 bits per heavy atom. The Morgan fingerprint density at radius 2 is 1.91 bits per heavy atom. The van der Waals surface area contributed by atoms with E-state index in [0.29, 0.717) is 13.0 Å². The second-order valence-electron chi connectivity index (χ2n) is 6.91. The van der Waals surface area contributed by atoms with Crippen LogP contribution in [0.2, 0.25) is 0 Å². The van der Waals surface area contributed by atoms with Crippen molar-refractivity contribution in [3.8, 4) is 0 Å². The van der Waals surface area contributed by atoms with Crippen molar-refractivity contribution in [2.75, 3.05) is 13.6 Å². The number of carbonyl (C=O) groups is 1. The highest BCUT2D eigenvalue weighted by atomic mass is 19.1. The van der Waals surface area contributed by atoms with Gasteiger partial charge in [-0.2, -0.15) is 0 Å².